The van der Waals surface area contributed by atoms with Gasteiger partial charge in [-0.25, -0.2) is 14.0 Å². The monoisotopic (exact) mass is 303 g/mol. The lowest BCUT2D eigenvalue weighted by molar-refractivity contribution is 0.0519. The molecular formula is C16H14FNO4. The number of anilines is 2. The Kier molecular flexibility index (Phi) is 4.73. The van der Waals surface area contributed by atoms with Crippen LogP contribution in [0.5, 0.6) is 0 Å². The van der Waals surface area contributed by atoms with Gasteiger partial charge < -0.3 is 15.2 Å². The first-order valence-corrected chi connectivity index (χ1v) is 6.59. The molecule has 0 saturated carbocycles. The van der Waals surface area contributed by atoms with Crippen molar-refractivity contribution in [1.82, 2.24) is 0 Å². The second-order valence-corrected chi connectivity index (χ2v) is 4.39. The van der Waals surface area contributed by atoms with Crippen molar-refractivity contribution in [1.29, 1.82) is 0 Å². The van der Waals surface area contributed by atoms with Gasteiger partial charge in [-0.2, -0.15) is 0 Å². The summed E-state index contributed by atoms with van der Waals surface area (Å²) >= 11 is 0. The molecule has 0 atom stereocenters. The van der Waals surface area contributed by atoms with Crippen LogP contribution in [0.4, 0.5) is 15.8 Å². The van der Waals surface area contributed by atoms with Gasteiger partial charge in [0.1, 0.15) is 5.82 Å². The lowest BCUT2D eigenvalue weighted by Crippen LogP contribution is -2.11. The number of hydrogen-bond donors (Lipinski definition) is 2. The molecule has 0 aromatic heterocycles. The number of aromatic carboxylic acids is 1. The van der Waals surface area contributed by atoms with Gasteiger partial charge in [0.2, 0.25) is 0 Å². The number of rotatable bonds is 5. The van der Waals surface area contributed by atoms with Crippen LogP contribution >= 0.6 is 0 Å². The molecule has 0 radical (unpaired) electrons. The molecule has 0 aliphatic carbocycles. The Labute approximate surface area is 126 Å². The van der Waals surface area contributed by atoms with Crippen molar-refractivity contribution >= 4 is 23.3 Å². The summed E-state index contributed by atoms with van der Waals surface area (Å²) in [6, 6.07) is 10.7. The van der Waals surface area contributed by atoms with Crippen LogP contribution in [0.15, 0.2) is 42.5 Å². The largest absolute Gasteiger partial charge is 0.478 e. The number of para-hydroxylation sites is 1. The van der Waals surface area contributed by atoms with Crippen LogP contribution in [0, 0.1) is 5.82 Å². The fraction of sp³-hybridized carbons (Fsp3) is 0.125. The Morgan fingerprint density at radius 1 is 1.18 bits per heavy atom. The molecule has 22 heavy (non-hydrogen) atoms. The third kappa shape index (κ3) is 3.41. The van der Waals surface area contributed by atoms with Crippen LogP contribution in [0.1, 0.15) is 27.6 Å². The summed E-state index contributed by atoms with van der Waals surface area (Å²) in [5.41, 5.74) is 0.147. The van der Waals surface area contributed by atoms with Crippen molar-refractivity contribution in [3.8, 4) is 0 Å². The standard InChI is InChI=1S/C16H14FNO4/c1-2-22-16(21)11-9-14(12(15(19)20)8-13(11)17)18-10-6-4-3-5-7-10/h3-9,18H,2H2,1H3,(H,19,20). The van der Waals surface area contributed by atoms with E-state index in [0.29, 0.717) is 5.69 Å². The molecule has 0 heterocycles. The maximum atomic E-state index is 13.9. The molecule has 0 saturated heterocycles. The van der Waals surface area contributed by atoms with Gasteiger partial charge in [-0.1, -0.05) is 18.2 Å². The lowest BCUT2D eigenvalue weighted by atomic mass is 10.1. The number of nitrogens with one attached hydrogen (secondary N) is 1. The third-order valence-corrected chi connectivity index (χ3v) is 2.89. The topological polar surface area (TPSA) is 75.6 Å². The highest BCUT2D eigenvalue weighted by atomic mass is 19.1. The number of carbonyl (C=O) groups is 2. The summed E-state index contributed by atoms with van der Waals surface area (Å²) in [7, 11) is 0. The Balaban J connectivity index is 2.47. The highest BCUT2D eigenvalue weighted by Gasteiger charge is 2.20. The van der Waals surface area contributed by atoms with E-state index >= 15 is 0 Å². The minimum absolute atomic E-state index is 0.0976. The summed E-state index contributed by atoms with van der Waals surface area (Å²) < 4.78 is 18.7. The number of halogens is 1. The van der Waals surface area contributed by atoms with Gasteiger partial charge >= 0.3 is 11.9 Å². The van der Waals surface area contributed by atoms with Crippen LogP contribution in [0.25, 0.3) is 0 Å². The maximum absolute atomic E-state index is 13.9. The van der Waals surface area contributed by atoms with Crippen molar-refractivity contribution in [2.75, 3.05) is 11.9 Å². The molecule has 0 spiro atoms. The zero-order valence-electron chi connectivity index (χ0n) is 11.8. The Morgan fingerprint density at radius 2 is 1.86 bits per heavy atom. The molecule has 2 N–H and O–H groups in total. The highest BCUT2D eigenvalue weighted by molar-refractivity contribution is 5.99. The van der Waals surface area contributed by atoms with Gasteiger partial charge in [0, 0.05) is 5.69 Å². The van der Waals surface area contributed by atoms with Gasteiger partial charge in [-0.3, -0.25) is 0 Å². The third-order valence-electron chi connectivity index (χ3n) is 2.89. The minimum Gasteiger partial charge on any atom is -0.478 e. The fourth-order valence-corrected chi connectivity index (χ4v) is 1.90. The molecule has 0 unspecified atom stereocenters. The first-order valence-electron chi connectivity index (χ1n) is 6.59. The molecule has 0 fully saturated rings. The van der Waals surface area contributed by atoms with E-state index in [1.807, 2.05) is 0 Å². The van der Waals surface area contributed by atoms with Crippen LogP contribution in [-0.2, 0) is 4.74 Å². The number of carboxylic acids is 1. The zero-order chi connectivity index (χ0) is 16.1. The van der Waals surface area contributed by atoms with E-state index < -0.39 is 17.8 Å². The van der Waals surface area contributed by atoms with Crippen LogP contribution < -0.4 is 5.32 Å². The minimum atomic E-state index is -1.30. The molecule has 2 aromatic carbocycles. The lowest BCUT2D eigenvalue weighted by Gasteiger charge is -2.12. The van der Waals surface area contributed by atoms with Crippen molar-refractivity contribution in [3.05, 3.63) is 59.4 Å². The van der Waals surface area contributed by atoms with Crippen molar-refractivity contribution < 1.29 is 23.8 Å². The number of carboxylic acid groups (broad SMARTS) is 1. The predicted octanol–water partition coefficient (Wildman–Crippen LogP) is 3.44. The van der Waals surface area contributed by atoms with Crippen molar-refractivity contribution in [3.63, 3.8) is 0 Å². The van der Waals surface area contributed by atoms with Gasteiger partial charge in [0.15, 0.2) is 0 Å². The SMILES string of the molecule is CCOC(=O)c1cc(Nc2ccccc2)c(C(=O)O)cc1F. The molecule has 2 rings (SSSR count). The predicted molar refractivity (Wildman–Crippen MR) is 79.0 cm³/mol. The summed E-state index contributed by atoms with van der Waals surface area (Å²) in [5.74, 6) is -3.07. The van der Waals surface area contributed by atoms with Crippen LogP contribution in [0.3, 0.4) is 0 Å². The number of ether oxygens (including phenoxy) is 1. The number of esters is 1. The Morgan fingerprint density at radius 3 is 2.45 bits per heavy atom. The van der Waals surface area contributed by atoms with Gasteiger partial charge in [-0.15, -0.1) is 0 Å². The second-order valence-electron chi connectivity index (χ2n) is 4.39. The van der Waals surface area contributed by atoms with Crippen LogP contribution in [-0.4, -0.2) is 23.7 Å². The highest BCUT2D eigenvalue weighted by Crippen LogP contribution is 2.25. The van der Waals surface area contributed by atoms with Crippen molar-refractivity contribution in [2.45, 2.75) is 6.92 Å². The smallest absolute Gasteiger partial charge is 0.341 e. The molecule has 0 amide bonds. The van der Waals surface area contributed by atoms with E-state index in [-0.39, 0.29) is 23.4 Å². The molecular weight excluding hydrogens is 289 g/mol. The quantitative estimate of drug-likeness (QED) is 0.827. The molecule has 2 aromatic rings. The normalized spacial score (nSPS) is 10.1. The van der Waals surface area contributed by atoms with Crippen molar-refractivity contribution in [2.24, 2.45) is 0 Å². The number of carbonyl (C=O) groups excluding carboxylic acids is 1. The summed E-state index contributed by atoms with van der Waals surface area (Å²) in [6.07, 6.45) is 0. The molecule has 0 aliphatic rings. The molecule has 0 bridgehead atoms. The van der Waals surface area contributed by atoms with Crippen LogP contribution in [0.2, 0.25) is 0 Å². The first-order chi connectivity index (χ1) is 10.5. The molecule has 0 aliphatic heterocycles. The molecule has 6 heteroatoms. The average Bonchev–Trinajstić information content (AvgIpc) is 2.49. The average molecular weight is 303 g/mol. The maximum Gasteiger partial charge on any atom is 0.341 e. The summed E-state index contributed by atoms with van der Waals surface area (Å²) in [5, 5.41) is 12.0. The molecule has 5 nitrogen and oxygen atoms in total. The van der Waals surface area contributed by atoms with Gasteiger partial charge in [0.05, 0.1) is 23.4 Å². The zero-order valence-corrected chi connectivity index (χ0v) is 11.8. The fourth-order valence-electron chi connectivity index (χ4n) is 1.90. The van der Waals surface area contributed by atoms with E-state index in [1.54, 1.807) is 37.3 Å². The van der Waals surface area contributed by atoms with E-state index in [2.05, 4.69) is 5.32 Å². The number of benzene rings is 2. The summed E-state index contributed by atoms with van der Waals surface area (Å²) in [4.78, 5) is 23.0. The van der Waals surface area contributed by atoms with E-state index in [1.165, 1.54) is 0 Å². The Hall–Kier alpha value is -2.89. The Bertz CT molecular complexity index is 701. The van der Waals surface area contributed by atoms with Gasteiger partial charge in [0.25, 0.3) is 0 Å². The van der Waals surface area contributed by atoms with Gasteiger partial charge in [-0.05, 0) is 31.2 Å². The number of hydrogen-bond acceptors (Lipinski definition) is 4. The molecule has 114 valence electrons. The van der Waals surface area contributed by atoms with E-state index in [0.717, 1.165) is 12.1 Å². The van der Waals surface area contributed by atoms with E-state index in [9.17, 15) is 19.1 Å². The summed E-state index contributed by atoms with van der Waals surface area (Å²) in [6.45, 7) is 1.70. The first kappa shape index (κ1) is 15.5. The van der Waals surface area contributed by atoms with E-state index in [4.69, 9.17) is 4.74 Å². The second kappa shape index (κ2) is 6.71.